The fourth-order valence-electron chi connectivity index (χ4n) is 6.01. The summed E-state index contributed by atoms with van der Waals surface area (Å²) in [6, 6.07) is 16.7. The Labute approximate surface area is 272 Å². The van der Waals surface area contributed by atoms with Gasteiger partial charge in [-0.3, -0.25) is 4.79 Å². The lowest BCUT2D eigenvalue weighted by molar-refractivity contribution is -0.136. The van der Waals surface area contributed by atoms with Crippen LogP contribution in [0, 0.1) is 13.8 Å². The van der Waals surface area contributed by atoms with E-state index in [2.05, 4.69) is 55.1 Å². The third kappa shape index (κ3) is 8.25. The quantitative estimate of drug-likeness (QED) is 0.244. The molecular weight excluding hydrogens is 580 g/mol. The highest BCUT2D eigenvalue weighted by atomic mass is 16.5. The summed E-state index contributed by atoms with van der Waals surface area (Å²) >= 11 is 0. The van der Waals surface area contributed by atoms with Gasteiger partial charge < -0.3 is 24.6 Å². The normalized spacial score (nSPS) is 16.7. The largest absolute Gasteiger partial charge is 0.493 e. The molecule has 2 aromatic carbocycles. The number of carboxylic acids is 1. The van der Waals surface area contributed by atoms with Gasteiger partial charge in [0.15, 0.2) is 5.65 Å². The molecule has 0 amide bonds. The molecule has 0 saturated carbocycles. The first-order chi connectivity index (χ1) is 21.8. The van der Waals surface area contributed by atoms with Gasteiger partial charge in [-0.15, -0.1) is 0 Å². The van der Waals surface area contributed by atoms with Crippen molar-refractivity contribution in [3.63, 3.8) is 0 Å². The summed E-state index contributed by atoms with van der Waals surface area (Å²) in [5, 5.41) is 23.3. The average Bonchev–Trinajstić information content (AvgIpc) is 3.40. The first kappa shape index (κ1) is 33.4. The number of piperidine rings is 1. The van der Waals surface area contributed by atoms with E-state index in [1.54, 1.807) is 20.8 Å². The van der Waals surface area contributed by atoms with Crippen LogP contribution < -0.4 is 9.64 Å². The molecule has 5 heterocycles. The number of carboxylic acid groups (broad SMARTS) is 1. The van der Waals surface area contributed by atoms with E-state index in [9.17, 15) is 9.90 Å². The van der Waals surface area contributed by atoms with Gasteiger partial charge >= 0.3 is 5.97 Å². The molecule has 0 atom stereocenters. The molecular formula is C37H48N4O5. The fraction of sp³-hybridized carbons (Fsp3) is 0.486. The Morgan fingerprint density at radius 2 is 1.67 bits per heavy atom. The minimum Gasteiger partial charge on any atom is -0.493 e. The second-order valence-corrected chi connectivity index (χ2v) is 13.8. The third-order valence-corrected chi connectivity index (χ3v) is 8.43. The van der Waals surface area contributed by atoms with Crippen molar-refractivity contribution >= 4 is 17.4 Å². The number of anilines is 1. The van der Waals surface area contributed by atoms with Crippen molar-refractivity contribution in [2.75, 3.05) is 31.2 Å². The number of aryl methyl sites for hydroxylation is 2. The van der Waals surface area contributed by atoms with Crippen LogP contribution in [0.3, 0.4) is 0 Å². The first-order valence-electron chi connectivity index (χ1n) is 16.4. The number of hydrogen-bond acceptors (Lipinski definition) is 7. The minimum absolute atomic E-state index is 0.102. The van der Waals surface area contributed by atoms with Gasteiger partial charge in [0.2, 0.25) is 0 Å². The second kappa shape index (κ2) is 13.8. The number of ether oxygens (including phenoxy) is 2. The molecule has 3 aliphatic rings. The van der Waals surface area contributed by atoms with Crippen molar-refractivity contribution in [1.82, 2.24) is 14.6 Å². The van der Waals surface area contributed by atoms with Crippen LogP contribution in [0.4, 0.5) is 5.82 Å². The minimum atomic E-state index is -0.877. The number of carbonyl (C=O) groups is 1. The van der Waals surface area contributed by atoms with Gasteiger partial charge in [0.05, 0.1) is 29.9 Å². The Balaban J connectivity index is 0.000000775. The standard InChI is InChI=1S/C33H38N4O4.C4H10O/c1-22-10-11-26-24-8-7-9-25(19-24)28-21-30-34-23(2)27(20-31(38)39)32(37(30)35-28)36-14-12-33(3,13-15-36)41-17-6-4-5-16-40-29(26)18-22;1-4(2,3)5/h7-11,18-19,21H,4-6,12-17,20H2,1-3H3,(H,38,39);5H,1-3H3. The summed E-state index contributed by atoms with van der Waals surface area (Å²) in [6.45, 7) is 14.3. The van der Waals surface area contributed by atoms with E-state index in [1.807, 2.05) is 23.6 Å². The maximum absolute atomic E-state index is 11.9. The number of fused-ring (bicyclic) bond motifs is 8. The smallest absolute Gasteiger partial charge is 0.308 e. The molecule has 246 valence electrons. The lowest BCUT2D eigenvalue weighted by atomic mass is 9.92. The maximum Gasteiger partial charge on any atom is 0.308 e. The molecule has 9 nitrogen and oxygen atoms in total. The summed E-state index contributed by atoms with van der Waals surface area (Å²) in [7, 11) is 0. The van der Waals surface area contributed by atoms with Gasteiger partial charge in [-0.05, 0) is 96.9 Å². The van der Waals surface area contributed by atoms with Crippen molar-refractivity contribution in [3.8, 4) is 28.1 Å². The lowest BCUT2D eigenvalue weighted by Crippen LogP contribution is -2.45. The number of aromatic nitrogens is 3. The zero-order chi connectivity index (χ0) is 33.1. The van der Waals surface area contributed by atoms with Gasteiger partial charge in [0.25, 0.3) is 0 Å². The molecule has 0 radical (unpaired) electrons. The van der Waals surface area contributed by atoms with Crippen LogP contribution in [0.25, 0.3) is 28.0 Å². The molecule has 46 heavy (non-hydrogen) atoms. The molecule has 2 N–H and O–H groups in total. The number of rotatable bonds is 2. The number of nitrogens with zero attached hydrogens (tertiary/aromatic N) is 4. The highest BCUT2D eigenvalue weighted by Crippen LogP contribution is 2.36. The lowest BCUT2D eigenvalue weighted by Gasteiger charge is -2.41. The maximum atomic E-state index is 11.9. The molecule has 0 unspecified atom stereocenters. The Morgan fingerprint density at radius 1 is 0.978 bits per heavy atom. The Kier molecular flexibility index (Phi) is 10.0. The Hall–Kier alpha value is -3.95. The monoisotopic (exact) mass is 628 g/mol. The number of aliphatic hydroxyl groups is 1. The topological polar surface area (TPSA) is 109 Å². The molecule has 0 spiro atoms. The predicted octanol–water partition coefficient (Wildman–Crippen LogP) is 7.02. The number of benzene rings is 2. The summed E-state index contributed by atoms with van der Waals surface area (Å²) in [4.78, 5) is 19.0. The van der Waals surface area contributed by atoms with Gasteiger partial charge in [0, 0.05) is 48.1 Å². The van der Waals surface area contributed by atoms with Crippen LogP contribution in [-0.4, -0.2) is 68.3 Å². The molecule has 0 aliphatic carbocycles. The van der Waals surface area contributed by atoms with Gasteiger partial charge in [-0.25, -0.2) is 4.98 Å². The molecule has 3 aliphatic heterocycles. The van der Waals surface area contributed by atoms with Crippen LogP contribution in [0.1, 0.15) is 76.6 Å². The zero-order valence-corrected chi connectivity index (χ0v) is 28.1. The summed E-state index contributed by atoms with van der Waals surface area (Å²) < 4.78 is 14.6. The first-order valence-corrected chi connectivity index (χ1v) is 16.4. The molecule has 6 bridgehead atoms. The Bertz CT molecular complexity index is 1680. The van der Waals surface area contributed by atoms with Crippen LogP contribution >= 0.6 is 0 Å². The van der Waals surface area contributed by atoms with Gasteiger partial charge in [-0.1, -0.05) is 30.3 Å². The predicted molar refractivity (Wildman–Crippen MR) is 182 cm³/mol. The average molecular weight is 629 g/mol. The summed E-state index contributed by atoms with van der Waals surface area (Å²) in [5.41, 5.74) is 6.47. The molecule has 7 rings (SSSR count). The number of aliphatic carboxylic acids is 1. The van der Waals surface area contributed by atoms with E-state index < -0.39 is 11.6 Å². The van der Waals surface area contributed by atoms with E-state index in [4.69, 9.17) is 24.7 Å². The Morgan fingerprint density at radius 3 is 2.39 bits per heavy atom. The third-order valence-electron chi connectivity index (χ3n) is 8.43. The van der Waals surface area contributed by atoms with Crippen molar-refractivity contribution in [3.05, 3.63) is 65.4 Å². The van der Waals surface area contributed by atoms with Crippen molar-refractivity contribution in [2.45, 2.75) is 91.3 Å². The molecule has 9 heteroatoms. The van der Waals surface area contributed by atoms with Crippen molar-refractivity contribution in [1.29, 1.82) is 0 Å². The van der Waals surface area contributed by atoms with E-state index in [0.717, 1.165) is 97.0 Å². The molecule has 1 saturated heterocycles. The molecule has 4 aromatic rings. The van der Waals surface area contributed by atoms with Gasteiger partial charge in [-0.2, -0.15) is 9.61 Å². The number of hydrogen-bond donors (Lipinski definition) is 2. The second-order valence-electron chi connectivity index (χ2n) is 13.8. The van der Waals surface area contributed by atoms with Crippen LogP contribution in [0.15, 0.2) is 48.5 Å². The van der Waals surface area contributed by atoms with Crippen LogP contribution in [0.5, 0.6) is 5.75 Å². The van der Waals surface area contributed by atoms with E-state index in [1.165, 1.54) is 0 Å². The summed E-state index contributed by atoms with van der Waals surface area (Å²) in [5.74, 6) is 0.833. The SMILES string of the molecule is CC(C)(C)O.Cc1ccc2c(c1)OCCCCCOC1(C)CCN(CC1)c1c(CC(=O)O)c(C)nc3cc(nn13)-c1cccc-2c1. The van der Waals surface area contributed by atoms with Gasteiger partial charge in [0.1, 0.15) is 11.6 Å². The summed E-state index contributed by atoms with van der Waals surface area (Å²) in [6.07, 6.45) is 4.63. The molecule has 2 aromatic heterocycles. The highest BCUT2D eigenvalue weighted by Gasteiger charge is 2.33. The molecule has 1 fully saturated rings. The fourth-order valence-corrected chi connectivity index (χ4v) is 6.01. The zero-order valence-electron chi connectivity index (χ0n) is 28.1. The van der Waals surface area contributed by atoms with Crippen LogP contribution in [-0.2, 0) is 16.0 Å². The van der Waals surface area contributed by atoms with E-state index >= 15 is 0 Å². The van der Waals surface area contributed by atoms with E-state index in [0.29, 0.717) is 17.8 Å². The van der Waals surface area contributed by atoms with Crippen LogP contribution in [0.2, 0.25) is 0 Å². The van der Waals surface area contributed by atoms with E-state index in [-0.39, 0.29) is 12.0 Å². The van der Waals surface area contributed by atoms with Crippen molar-refractivity contribution in [2.24, 2.45) is 0 Å². The highest BCUT2D eigenvalue weighted by molar-refractivity contribution is 5.78. The van der Waals surface area contributed by atoms with Crippen molar-refractivity contribution < 1.29 is 24.5 Å².